The maximum atomic E-state index is 5.63. The van der Waals surface area contributed by atoms with Crippen LogP contribution in [0.1, 0.15) is 42.0 Å². The monoisotopic (exact) mass is 232 g/mol. The van der Waals surface area contributed by atoms with Crippen molar-refractivity contribution in [2.24, 2.45) is 5.73 Å². The Morgan fingerprint density at radius 1 is 1.24 bits per heavy atom. The molecule has 1 aromatic rings. The molecule has 1 aliphatic carbocycles. The highest BCUT2D eigenvalue weighted by atomic mass is 15.1. The minimum atomic E-state index is 0.518. The molecular formula is C15H24N2. The van der Waals surface area contributed by atoms with Gasteiger partial charge in [0, 0.05) is 6.04 Å². The van der Waals surface area contributed by atoms with E-state index in [-0.39, 0.29) is 0 Å². The fraction of sp³-hybridized carbons (Fsp3) is 0.600. The minimum Gasteiger partial charge on any atom is -0.330 e. The summed E-state index contributed by atoms with van der Waals surface area (Å²) in [6, 6.07) is 7.58. The van der Waals surface area contributed by atoms with Crippen molar-refractivity contribution >= 4 is 0 Å². The molecular weight excluding hydrogens is 208 g/mol. The molecule has 1 aliphatic rings. The van der Waals surface area contributed by atoms with Crippen LogP contribution in [0.5, 0.6) is 0 Å². The molecule has 1 unspecified atom stereocenters. The van der Waals surface area contributed by atoms with E-state index >= 15 is 0 Å². The van der Waals surface area contributed by atoms with Crippen molar-refractivity contribution in [2.75, 3.05) is 20.6 Å². The molecule has 0 radical (unpaired) electrons. The molecule has 0 saturated carbocycles. The highest BCUT2D eigenvalue weighted by Gasteiger charge is 2.17. The third-order valence-corrected chi connectivity index (χ3v) is 3.81. The summed E-state index contributed by atoms with van der Waals surface area (Å²) in [5.74, 6) is 0. The lowest BCUT2D eigenvalue weighted by Crippen LogP contribution is -2.21. The quantitative estimate of drug-likeness (QED) is 0.845. The van der Waals surface area contributed by atoms with Crippen molar-refractivity contribution < 1.29 is 0 Å². The highest BCUT2D eigenvalue weighted by molar-refractivity contribution is 5.36. The second-order valence-corrected chi connectivity index (χ2v) is 5.29. The first-order chi connectivity index (χ1) is 8.22. The van der Waals surface area contributed by atoms with E-state index in [4.69, 9.17) is 5.73 Å². The van der Waals surface area contributed by atoms with Crippen LogP contribution < -0.4 is 5.73 Å². The molecule has 2 rings (SSSR count). The highest BCUT2D eigenvalue weighted by Crippen LogP contribution is 2.29. The number of fused-ring (bicyclic) bond motifs is 1. The van der Waals surface area contributed by atoms with Crippen molar-refractivity contribution in [3.05, 3.63) is 34.9 Å². The molecule has 17 heavy (non-hydrogen) atoms. The zero-order chi connectivity index (χ0) is 12.3. The summed E-state index contributed by atoms with van der Waals surface area (Å²) >= 11 is 0. The smallest absolute Gasteiger partial charge is 0.0342 e. The summed E-state index contributed by atoms with van der Waals surface area (Å²) < 4.78 is 0. The molecule has 0 aromatic heterocycles. The maximum Gasteiger partial charge on any atom is 0.0342 e. The van der Waals surface area contributed by atoms with Crippen LogP contribution in [-0.2, 0) is 12.8 Å². The third-order valence-electron chi connectivity index (χ3n) is 3.81. The molecule has 0 saturated heterocycles. The first kappa shape index (κ1) is 12.6. The van der Waals surface area contributed by atoms with Gasteiger partial charge in [0.2, 0.25) is 0 Å². The Morgan fingerprint density at radius 3 is 2.71 bits per heavy atom. The first-order valence-corrected chi connectivity index (χ1v) is 6.70. The van der Waals surface area contributed by atoms with E-state index in [1.54, 1.807) is 11.1 Å². The maximum absolute atomic E-state index is 5.63. The fourth-order valence-corrected chi connectivity index (χ4v) is 2.83. The molecule has 1 atom stereocenters. The van der Waals surface area contributed by atoms with Crippen molar-refractivity contribution in [1.82, 2.24) is 4.90 Å². The van der Waals surface area contributed by atoms with Gasteiger partial charge in [0.15, 0.2) is 0 Å². The van der Waals surface area contributed by atoms with Gasteiger partial charge in [0.25, 0.3) is 0 Å². The summed E-state index contributed by atoms with van der Waals surface area (Å²) in [5.41, 5.74) is 10.2. The van der Waals surface area contributed by atoms with E-state index in [0.29, 0.717) is 6.04 Å². The van der Waals surface area contributed by atoms with Gasteiger partial charge < -0.3 is 10.6 Å². The van der Waals surface area contributed by atoms with Crippen LogP contribution in [0.4, 0.5) is 0 Å². The minimum absolute atomic E-state index is 0.518. The molecule has 2 N–H and O–H groups in total. The van der Waals surface area contributed by atoms with Crippen LogP contribution in [0.25, 0.3) is 0 Å². The largest absolute Gasteiger partial charge is 0.330 e. The van der Waals surface area contributed by atoms with Crippen LogP contribution in [0, 0.1) is 0 Å². The van der Waals surface area contributed by atoms with E-state index in [0.717, 1.165) is 19.4 Å². The Morgan fingerprint density at radius 2 is 2.00 bits per heavy atom. The van der Waals surface area contributed by atoms with Gasteiger partial charge in [0.05, 0.1) is 0 Å². The van der Waals surface area contributed by atoms with Crippen molar-refractivity contribution in [2.45, 2.75) is 38.1 Å². The SMILES string of the molecule is CN(C)C(CCCN)c1ccc2c(c1)CCC2. The van der Waals surface area contributed by atoms with Crippen molar-refractivity contribution in [3.63, 3.8) is 0 Å². The molecule has 0 spiro atoms. The van der Waals surface area contributed by atoms with Crippen LogP contribution >= 0.6 is 0 Å². The number of nitrogens with two attached hydrogens (primary N) is 1. The standard InChI is InChI=1S/C15H24N2/c1-17(2)15(7-4-10-16)14-9-8-12-5-3-6-13(12)11-14/h8-9,11,15H,3-7,10,16H2,1-2H3. The molecule has 0 amide bonds. The van der Waals surface area contributed by atoms with E-state index < -0.39 is 0 Å². The Hall–Kier alpha value is -0.860. The predicted octanol–water partition coefficient (Wildman–Crippen LogP) is 2.52. The summed E-state index contributed by atoms with van der Waals surface area (Å²) in [7, 11) is 4.32. The van der Waals surface area contributed by atoms with Gasteiger partial charge in [-0.05, 0) is 69.4 Å². The van der Waals surface area contributed by atoms with Crippen LogP contribution in [0.15, 0.2) is 18.2 Å². The van der Waals surface area contributed by atoms with Gasteiger partial charge in [-0.2, -0.15) is 0 Å². The number of benzene rings is 1. The number of nitrogens with zero attached hydrogens (tertiary/aromatic N) is 1. The second kappa shape index (κ2) is 5.65. The number of aryl methyl sites for hydroxylation is 2. The van der Waals surface area contributed by atoms with Gasteiger partial charge in [-0.25, -0.2) is 0 Å². The van der Waals surface area contributed by atoms with Gasteiger partial charge in [-0.3, -0.25) is 0 Å². The van der Waals surface area contributed by atoms with E-state index in [9.17, 15) is 0 Å². The van der Waals surface area contributed by atoms with E-state index in [2.05, 4.69) is 37.2 Å². The molecule has 2 heteroatoms. The van der Waals surface area contributed by atoms with Gasteiger partial charge in [-0.15, -0.1) is 0 Å². The van der Waals surface area contributed by atoms with Crippen LogP contribution in [0.2, 0.25) is 0 Å². The lowest BCUT2D eigenvalue weighted by molar-refractivity contribution is 0.280. The van der Waals surface area contributed by atoms with Gasteiger partial charge >= 0.3 is 0 Å². The van der Waals surface area contributed by atoms with E-state index in [1.165, 1.54) is 24.8 Å². The van der Waals surface area contributed by atoms with E-state index in [1.807, 2.05) is 0 Å². The number of hydrogen-bond acceptors (Lipinski definition) is 2. The Kier molecular flexibility index (Phi) is 4.19. The van der Waals surface area contributed by atoms with Gasteiger partial charge in [0.1, 0.15) is 0 Å². The predicted molar refractivity (Wildman–Crippen MR) is 73.2 cm³/mol. The molecule has 0 heterocycles. The Labute approximate surface area is 105 Å². The third kappa shape index (κ3) is 2.88. The Bertz CT molecular complexity index is 371. The van der Waals surface area contributed by atoms with Crippen LogP contribution in [-0.4, -0.2) is 25.5 Å². The number of rotatable bonds is 5. The molecule has 94 valence electrons. The van der Waals surface area contributed by atoms with Gasteiger partial charge in [-0.1, -0.05) is 18.2 Å². The summed E-state index contributed by atoms with van der Waals surface area (Å²) in [4.78, 5) is 2.31. The van der Waals surface area contributed by atoms with Crippen molar-refractivity contribution in [3.8, 4) is 0 Å². The Balaban J connectivity index is 2.17. The molecule has 0 fully saturated rings. The lowest BCUT2D eigenvalue weighted by atomic mass is 9.97. The topological polar surface area (TPSA) is 29.3 Å². The average Bonchev–Trinajstić information content (AvgIpc) is 2.76. The molecule has 1 aromatic carbocycles. The van der Waals surface area contributed by atoms with Crippen LogP contribution in [0.3, 0.4) is 0 Å². The normalized spacial score (nSPS) is 16.2. The first-order valence-electron chi connectivity index (χ1n) is 6.70. The summed E-state index contributed by atoms with van der Waals surface area (Å²) in [6.45, 7) is 0.787. The summed E-state index contributed by atoms with van der Waals surface area (Å²) in [5, 5.41) is 0. The fourth-order valence-electron chi connectivity index (χ4n) is 2.83. The zero-order valence-corrected chi connectivity index (χ0v) is 11.1. The number of hydrogen-bond donors (Lipinski definition) is 1. The lowest BCUT2D eigenvalue weighted by Gasteiger charge is -2.25. The molecule has 0 aliphatic heterocycles. The van der Waals surface area contributed by atoms with Crippen molar-refractivity contribution in [1.29, 1.82) is 0 Å². The second-order valence-electron chi connectivity index (χ2n) is 5.29. The zero-order valence-electron chi connectivity index (χ0n) is 11.1. The summed E-state index contributed by atoms with van der Waals surface area (Å²) in [6.07, 6.45) is 6.11. The molecule has 0 bridgehead atoms. The molecule has 2 nitrogen and oxygen atoms in total. The average molecular weight is 232 g/mol.